The minimum absolute atomic E-state index is 0.0306. The Labute approximate surface area is 81.8 Å². The molecule has 0 unspecified atom stereocenters. The highest BCUT2D eigenvalue weighted by molar-refractivity contribution is 5.93. The smallest absolute Gasteiger partial charge is 0.227 e. The number of anilines is 1. The minimum Gasteiger partial charge on any atom is -0.497 e. The number of amides is 1. The van der Waals surface area contributed by atoms with E-state index in [0.717, 1.165) is 0 Å². The second-order valence-electron chi connectivity index (χ2n) is 3.01. The van der Waals surface area contributed by atoms with Crippen molar-refractivity contribution in [1.82, 2.24) is 0 Å². The first-order chi connectivity index (χ1) is 6.79. The Hall–Kier alpha value is -1.71. The van der Waals surface area contributed by atoms with E-state index in [2.05, 4.69) is 5.32 Å². The molecule has 1 aliphatic heterocycles. The van der Waals surface area contributed by atoms with Crippen LogP contribution in [0, 0.1) is 0 Å². The van der Waals surface area contributed by atoms with Crippen LogP contribution in [0.25, 0.3) is 0 Å². The van der Waals surface area contributed by atoms with E-state index >= 15 is 0 Å². The summed E-state index contributed by atoms with van der Waals surface area (Å²) < 4.78 is 10.4. The summed E-state index contributed by atoms with van der Waals surface area (Å²) in [6.07, 6.45) is 0.386. The second-order valence-corrected chi connectivity index (χ2v) is 3.01. The summed E-state index contributed by atoms with van der Waals surface area (Å²) in [4.78, 5) is 11.2. The predicted molar refractivity (Wildman–Crippen MR) is 51.7 cm³/mol. The zero-order valence-corrected chi connectivity index (χ0v) is 7.87. The molecule has 4 nitrogen and oxygen atoms in total. The first-order valence-electron chi connectivity index (χ1n) is 4.40. The lowest BCUT2D eigenvalue weighted by Crippen LogP contribution is -2.10. The Bertz CT molecular complexity index is 362. The van der Waals surface area contributed by atoms with Gasteiger partial charge in [0.25, 0.3) is 0 Å². The number of rotatable bonds is 1. The molecule has 0 saturated carbocycles. The molecule has 0 saturated heterocycles. The molecular weight excluding hydrogens is 182 g/mol. The molecule has 0 bridgehead atoms. The van der Waals surface area contributed by atoms with Crippen LogP contribution in [-0.2, 0) is 4.79 Å². The fourth-order valence-corrected chi connectivity index (χ4v) is 1.33. The fourth-order valence-electron chi connectivity index (χ4n) is 1.33. The summed E-state index contributed by atoms with van der Waals surface area (Å²) in [7, 11) is 1.58. The summed E-state index contributed by atoms with van der Waals surface area (Å²) in [6.45, 7) is 0.422. The van der Waals surface area contributed by atoms with E-state index in [4.69, 9.17) is 9.47 Å². The third-order valence-electron chi connectivity index (χ3n) is 2.05. The predicted octanol–water partition coefficient (Wildman–Crippen LogP) is 1.42. The Kier molecular flexibility index (Phi) is 2.26. The molecule has 2 rings (SSSR count). The van der Waals surface area contributed by atoms with Crippen LogP contribution in [-0.4, -0.2) is 19.6 Å². The van der Waals surface area contributed by atoms with E-state index in [-0.39, 0.29) is 5.91 Å². The summed E-state index contributed by atoms with van der Waals surface area (Å²) in [6, 6.07) is 5.34. The lowest BCUT2D eigenvalue weighted by molar-refractivity contribution is -0.116. The van der Waals surface area contributed by atoms with Crippen molar-refractivity contribution in [2.75, 3.05) is 19.0 Å². The van der Waals surface area contributed by atoms with Crippen LogP contribution >= 0.6 is 0 Å². The van der Waals surface area contributed by atoms with Gasteiger partial charge in [0.05, 0.1) is 25.8 Å². The van der Waals surface area contributed by atoms with Gasteiger partial charge in [-0.25, -0.2) is 0 Å². The summed E-state index contributed by atoms with van der Waals surface area (Å²) in [5.41, 5.74) is 0.673. The largest absolute Gasteiger partial charge is 0.497 e. The van der Waals surface area contributed by atoms with E-state index < -0.39 is 0 Å². The normalized spacial score (nSPS) is 14.8. The molecule has 1 heterocycles. The number of fused-ring (bicyclic) bond motifs is 1. The molecule has 1 amide bonds. The van der Waals surface area contributed by atoms with Gasteiger partial charge >= 0.3 is 0 Å². The van der Waals surface area contributed by atoms with Crippen molar-refractivity contribution in [3.63, 3.8) is 0 Å². The van der Waals surface area contributed by atoms with Gasteiger partial charge in [0.15, 0.2) is 0 Å². The lowest BCUT2D eigenvalue weighted by atomic mass is 10.2. The third-order valence-corrected chi connectivity index (χ3v) is 2.05. The Balaban J connectivity index is 2.36. The molecule has 1 aromatic rings. The number of carbonyl (C=O) groups is 1. The molecule has 1 aromatic carbocycles. The van der Waals surface area contributed by atoms with Crippen molar-refractivity contribution >= 4 is 11.6 Å². The molecular formula is C10H11NO3. The van der Waals surface area contributed by atoms with Gasteiger partial charge in [0.1, 0.15) is 11.5 Å². The van der Waals surface area contributed by atoms with Gasteiger partial charge in [-0.15, -0.1) is 0 Å². The molecule has 0 aromatic heterocycles. The maximum absolute atomic E-state index is 11.2. The van der Waals surface area contributed by atoms with Crippen molar-refractivity contribution in [3.05, 3.63) is 18.2 Å². The quantitative estimate of drug-likeness (QED) is 0.733. The van der Waals surface area contributed by atoms with Crippen LogP contribution in [0.2, 0.25) is 0 Å². The first-order valence-corrected chi connectivity index (χ1v) is 4.40. The average molecular weight is 193 g/mol. The molecule has 1 aliphatic rings. The standard InChI is InChI=1S/C10H11NO3/c1-13-7-2-3-9-8(6-7)11-10(12)4-5-14-9/h2-3,6H,4-5H2,1H3,(H,11,12). The maximum atomic E-state index is 11.2. The fraction of sp³-hybridized carbons (Fsp3) is 0.300. The molecule has 0 aliphatic carbocycles. The molecule has 14 heavy (non-hydrogen) atoms. The lowest BCUT2D eigenvalue weighted by Gasteiger charge is -2.08. The van der Waals surface area contributed by atoms with Gasteiger partial charge in [-0.3, -0.25) is 4.79 Å². The van der Waals surface area contributed by atoms with E-state index in [1.54, 1.807) is 25.3 Å². The van der Waals surface area contributed by atoms with Crippen molar-refractivity contribution in [2.45, 2.75) is 6.42 Å². The van der Waals surface area contributed by atoms with Gasteiger partial charge < -0.3 is 14.8 Å². The van der Waals surface area contributed by atoms with Gasteiger partial charge in [0, 0.05) is 6.07 Å². The molecule has 4 heteroatoms. The minimum atomic E-state index is -0.0306. The summed E-state index contributed by atoms with van der Waals surface area (Å²) >= 11 is 0. The maximum Gasteiger partial charge on any atom is 0.227 e. The van der Waals surface area contributed by atoms with Crippen molar-refractivity contribution in [2.24, 2.45) is 0 Å². The Morgan fingerprint density at radius 2 is 2.36 bits per heavy atom. The third kappa shape index (κ3) is 1.64. The highest BCUT2D eigenvalue weighted by Gasteiger charge is 2.13. The van der Waals surface area contributed by atoms with E-state index in [1.807, 2.05) is 0 Å². The average Bonchev–Trinajstić information content (AvgIpc) is 2.37. The van der Waals surface area contributed by atoms with Crippen LogP contribution in [0.5, 0.6) is 11.5 Å². The molecule has 74 valence electrons. The molecule has 0 fully saturated rings. The second kappa shape index (κ2) is 3.57. The van der Waals surface area contributed by atoms with E-state index in [9.17, 15) is 4.79 Å². The number of methoxy groups -OCH3 is 1. The first kappa shape index (κ1) is 8.87. The van der Waals surface area contributed by atoms with Crippen LogP contribution in [0.15, 0.2) is 18.2 Å². The molecule has 0 atom stereocenters. The number of hydrogen-bond acceptors (Lipinski definition) is 3. The molecule has 0 spiro atoms. The zero-order valence-electron chi connectivity index (χ0n) is 7.87. The van der Waals surface area contributed by atoms with Crippen molar-refractivity contribution < 1.29 is 14.3 Å². The van der Waals surface area contributed by atoms with Crippen LogP contribution < -0.4 is 14.8 Å². The summed E-state index contributed by atoms with van der Waals surface area (Å²) in [5.74, 6) is 1.36. The van der Waals surface area contributed by atoms with Crippen molar-refractivity contribution in [1.29, 1.82) is 0 Å². The highest BCUT2D eigenvalue weighted by atomic mass is 16.5. The van der Waals surface area contributed by atoms with Crippen LogP contribution in [0.4, 0.5) is 5.69 Å². The monoisotopic (exact) mass is 193 g/mol. The van der Waals surface area contributed by atoms with E-state index in [0.29, 0.717) is 30.2 Å². The summed E-state index contributed by atoms with van der Waals surface area (Å²) in [5, 5.41) is 2.75. The number of carbonyl (C=O) groups excluding carboxylic acids is 1. The number of benzene rings is 1. The zero-order chi connectivity index (χ0) is 9.97. The van der Waals surface area contributed by atoms with Gasteiger partial charge in [-0.05, 0) is 12.1 Å². The van der Waals surface area contributed by atoms with Gasteiger partial charge in [-0.1, -0.05) is 0 Å². The number of ether oxygens (including phenoxy) is 2. The number of hydrogen-bond donors (Lipinski definition) is 1. The SMILES string of the molecule is COc1ccc2c(c1)NC(=O)CCO2. The highest BCUT2D eigenvalue weighted by Crippen LogP contribution is 2.30. The molecule has 0 radical (unpaired) electrons. The topological polar surface area (TPSA) is 47.6 Å². The van der Waals surface area contributed by atoms with Crippen LogP contribution in [0.1, 0.15) is 6.42 Å². The van der Waals surface area contributed by atoms with Gasteiger partial charge in [0.2, 0.25) is 5.91 Å². The van der Waals surface area contributed by atoms with Crippen molar-refractivity contribution in [3.8, 4) is 11.5 Å². The Morgan fingerprint density at radius 1 is 1.50 bits per heavy atom. The number of nitrogens with one attached hydrogen (secondary N) is 1. The molecule has 1 N–H and O–H groups in total. The van der Waals surface area contributed by atoms with E-state index in [1.165, 1.54) is 0 Å². The van der Waals surface area contributed by atoms with Gasteiger partial charge in [-0.2, -0.15) is 0 Å². The Morgan fingerprint density at radius 3 is 3.14 bits per heavy atom. The van der Waals surface area contributed by atoms with Crippen LogP contribution in [0.3, 0.4) is 0 Å².